The maximum Gasteiger partial charge on any atom is 0.389 e. The zero-order chi connectivity index (χ0) is 17.0. The molecule has 1 aliphatic heterocycles. The third-order valence-electron chi connectivity index (χ3n) is 3.96. The molecular formula is C16H18F3NO3. The Labute approximate surface area is 131 Å². The topological polar surface area (TPSA) is 57.6 Å². The van der Waals surface area contributed by atoms with Crippen molar-refractivity contribution in [1.82, 2.24) is 4.90 Å². The number of carbonyl (C=O) groups is 2. The van der Waals surface area contributed by atoms with Crippen molar-refractivity contribution >= 4 is 11.9 Å². The number of carboxylic acids is 1. The second kappa shape index (κ2) is 7.02. The summed E-state index contributed by atoms with van der Waals surface area (Å²) in [4.78, 5) is 24.2. The zero-order valence-corrected chi connectivity index (χ0v) is 12.5. The Balaban J connectivity index is 1.87. The minimum atomic E-state index is -4.31. The normalized spacial score (nSPS) is 18.2. The van der Waals surface area contributed by atoms with Crippen molar-refractivity contribution in [3.8, 4) is 0 Å². The molecule has 1 heterocycles. The fourth-order valence-electron chi connectivity index (χ4n) is 2.80. The summed E-state index contributed by atoms with van der Waals surface area (Å²) in [6, 6.07) is 6.59. The summed E-state index contributed by atoms with van der Waals surface area (Å²) < 4.78 is 36.5. The molecule has 1 saturated heterocycles. The summed E-state index contributed by atoms with van der Waals surface area (Å²) in [6.07, 6.45) is -4.58. The minimum absolute atomic E-state index is 0.147. The standard InChI is InChI=1S/C16H18F3NO3/c17-16(18,19)6-4-14(21)20-7-5-12(10-20)8-11-2-1-3-13(9-11)15(22)23/h1-3,9,12H,4-8,10H2,(H,22,23)/t12-/m1/s1. The number of alkyl halides is 3. The van der Waals surface area contributed by atoms with Crippen LogP contribution in [0, 0.1) is 5.92 Å². The van der Waals surface area contributed by atoms with E-state index in [-0.39, 0.29) is 11.5 Å². The Morgan fingerprint density at radius 3 is 2.70 bits per heavy atom. The molecule has 0 spiro atoms. The van der Waals surface area contributed by atoms with Crippen LogP contribution in [-0.2, 0) is 11.2 Å². The Bertz CT molecular complexity index is 586. The van der Waals surface area contributed by atoms with E-state index in [9.17, 15) is 22.8 Å². The Morgan fingerprint density at radius 1 is 1.30 bits per heavy atom. The van der Waals surface area contributed by atoms with Gasteiger partial charge < -0.3 is 10.0 Å². The number of hydrogen-bond donors (Lipinski definition) is 1. The van der Waals surface area contributed by atoms with E-state index < -0.39 is 30.9 Å². The van der Waals surface area contributed by atoms with Crippen molar-refractivity contribution in [2.24, 2.45) is 5.92 Å². The van der Waals surface area contributed by atoms with Crippen LogP contribution in [0.15, 0.2) is 24.3 Å². The minimum Gasteiger partial charge on any atom is -0.478 e. The van der Waals surface area contributed by atoms with E-state index in [0.29, 0.717) is 19.5 Å². The fourth-order valence-corrected chi connectivity index (χ4v) is 2.80. The quantitative estimate of drug-likeness (QED) is 0.903. The second-order valence-electron chi connectivity index (χ2n) is 5.82. The van der Waals surface area contributed by atoms with Crippen molar-refractivity contribution in [2.45, 2.75) is 31.9 Å². The molecule has 0 saturated carbocycles. The number of carboxylic acid groups (broad SMARTS) is 1. The van der Waals surface area contributed by atoms with Crippen molar-refractivity contribution < 1.29 is 27.9 Å². The highest BCUT2D eigenvalue weighted by molar-refractivity contribution is 5.87. The van der Waals surface area contributed by atoms with Crippen molar-refractivity contribution in [3.63, 3.8) is 0 Å². The van der Waals surface area contributed by atoms with Gasteiger partial charge in [0.15, 0.2) is 0 Å². The van der Waals surface area contributed by atoms with Gasteiger partial charge in [0, 0.05) is 19.5 Å². The number of nitrogens with zero attached hydrogens (tertiary/aromatic N) is 1. The fraction of sp³-hybridized carbons (Fsp3) is 0.500. The molecule has 1 atom stereocenters. The van der Waals surface area contributed by atoms with Crippen LogP contribution < -0.4 is 0 Å². The predicted octanol–water partition coefficient (Wildman–Crippen LogP) is 3.12. The van der Waals surface area contributed by atoms with Crippen LogP contribution in [0.5, 0.6) is 0 Å². The highest BCUT2D eigenvalue weighted by atomic mass is 19.4. The molecule has 126 valence electrons. The number of benzene rings is 1. The lowest BCUT2D eigenvalue weighted by molar-refractivity contribution is -0.148. The largest absolute Gasteiger partial charge is 0.478 e. The van der Waals surface area contributed by atoms with Crippen LogP contribution >= 0.6 is 0 Å². The summed E-state index contributed by atoms with van der Waals surface area (Å²) in [5, 5.41) is 8.96. The van der Waals surface area contributed by atoms with Crippen LogP contribution in [0.4, 0.5) is 13.2 Å². The number of halogens is 3. The number of aromatic carboxylic acids is 1. The SMILES string of the molecule is O=C(O)c1cccc(C[C@H]2CCN(C(=O)CCC(F)(F)F)C2)c1. The molecule has 0 aromatic heterocycles. The summed E-state index contributed by atoms with van der Waals surface area (Å²) in [5.74, 6) is -1.32. The smallest absolute Gasteiger partial charge is 0.389 e. The summed E-state index contributed by atoms with van der Waals surface area (Å²) >= 11 is 0. The molecule has 0 aliphatic carbocycles. The highest BCUT2D eigenvalue weighted by Gasteiger charge is 2.31. The van der Waals surface area contributed by atoms with Gasteiger partial charge in [-0.2, -0.15) is 13.2 Å². The number of likely N-dealkylation sites (tertiary alicyclic amines) is 1. The molecule has 23 heavy (non-hydrogen) atoms. The summed E-state index contributed by atoms with van der Waals surface area (Å²) in [5.41, 5.74) is 1.07. The Hall–Kier alpha value is -2.05. The molecule has 1 aromatic carbocycles. The lowest BCUT2D eigenvalue weighted by atomic mass is 9.97. The molecule has 2 rings (SSSR count). The average molecular weight is 329 g/mol. The van der Waals surface area contributed by atoms with E-state index >= 15 is 0 Å². The molecule has 1 aliphatic rings. The van der Waals surface area contributed by atoms with E-state index in [4.69, 9.17) is 5.11 Å². The van der Waals surface area contributed by atoms with Gasteiger partial charge in [-0.3, -0.25) is 4.79 Å². The van der Waals surface area contributed by atoms with Gasteiger partial charge >= 0.3 is 12.1 Å². The van der Waals surface area contributed by atoms with E-state index in [1.54, 1.807) is 12.1 Å². The van der Waals surface area contributed by atoms with E-state index in [1.165, 1.54) is 11.0 Å². The van der Waals surface area contributed by atoms with Gasteiger partial charge in [-0.1, -0.05) is 12.1 Å². The molecule has 0 unspecified atom stereocenters. The number of hydrogen-bond acceptors (Lipinski definition) is 2. The number of amides is 1. The van der Waals surface area contributed by atoms with Crippen LogP contribution in [0.2, 0.25) is 0 Å². The zero-order valence-electron chi connectivity index (χ0n) is 12.5. The number of rotatable bonds is 5. The van der Waals surface area contributed by atoms with Crippen LogP contribution in [-0.4, -0.2) is 41.1 Å². The van der Waals surface area contributed by atoms with Gasteiger partial charge in [0.2, 0.25) is 5.91 Å². The van der Waals surface area contributed by atoms with E-state index in [2.05, 4.69) is 0 Å². The summed E-state index contributed by atoms with van der Waals surface area (Å²) in [7, 11) is 0. The first-order valence-corrected chi connectivity index (χ1v) is 7.41. The molecule has 1 fully saturated rings. The molecule has 1 N–H and O–H groups in total. The van der Waals surface area contributed by atoms with Crippen LogP contribution in [0.3, 0.4) is 0 Å². The molecule has 1 amide bonds. The van der Waals surface area contributed by atoms with Crippen LogP contribution in [0.1, 0.15) is 35.2 Å². The molecule has 0 bridgehead atoms. The predicted molar refractivity (Wildman–Crippen MR) is 77.1 cm³/mol. The van der Waals surface area contributed by atoms with Gasteiger partial charge in [-0.15, -0.1) is 0 Å². The van der Waals surface area contributed by atoms with Gasteiger partial charge in [0.25, 0.3) is 0 Å². The summed E-state index contributed by atoms with van der Waals surface area (Å²) in [6.45, 7) is 0.883. The maximum atomic E-state index is 12.2. The van der Waals surface area contributed by atoms with E-state index in [0.717, 1.165) is 12.0 Å². The average Bonchev–Trinajstić information content (AvgIpc) is 2.93. The molecular weight excluding hydrogens is 311 g/mol. The highest BCUT2D eigenvalue weighted by Crippen LogP contribution is 2.25. The monoisotopic (exact) mass is 329 g/mol. The lowest BCUT2D eigenvalue weighted by Gasteiger charge is -2.17. The molecule has 7 heteroatoms. The van der Waals surface area contributed by atoms with Crippen LogP contribution in [0.25, 0.3) is 0 Å². The third kappa shape index (κ3) is 5.26. The third-order valence-corrected chi connectivity index (χ3v) is 3.96. The second-order valence-corrected chi connectivity index (χ2v) is 5.82. The van der Waals surface area contributed by atoms with Crippen molar-refractivity contribution in [2.75, 3.05) is 13.1 Å². The molecule has 4 nitrogen and oxygen atoms in total. The van der Waals surface area contributed by atoms with Crippen molar-refractivity contribution in [1.29, 1.82) is 0 Å². The van der Waals surface area contributed by atoms with Gasteiger partial charge in [-0.05, 0) is 36.5 Å². The first-order chi connectivity index (χ1) is 10.7. The Kier molecular flexibility index (Phi) is 5.28. The maximum absolute atomic E-state index is 12.2. The van der Waals surface area contributed by atoms with Gasteiger partial charge in [-0.25, -0.2) is 4.79 Å². The lowest BCUT2D eigenvalue weighted by Crippen LogP contribution is -2.29. The number of carbonyl (C=O) groups excluding carboxylic acids is 1. The first kappa shape index (κ1) is 17.3. The Morgan fingerprint density at radius 2 is 2.04 bits per heavy atom. The molecule has 0 radical (unpaired) electrons. The van der Waals surface area contributed by atoms with E-state index in [1.807, 2.05) is 6.07 Å². The van der Waals surface area contributed by atoms with Crippen molar-refractivity contribution in [3.05, 3.63) is 35.4 Å². The van der Waals surface area contributed by atoms with Gasteiger partial charge in [0.05, 0.1) is 12.0 Å². The van der Waals surface area contributed by atoms with Gasteiger partial charge in [0.1, 0.15) is 0 Å². The molecule has 1 aromatic rings. The first-order valence-electron chi connectivity index (χ1n) is 7.41.